The maximum atomic E-state index is 12.5. The van der Waals surface area contributed by atoms with Crippen molar-refractivity contribution >= 4 is 23.2 Å². The topological polar surface area (TPSA) is 72.7 Å². The fraction of sp³-hybridized carbons (Fsp3) is 0.278. The average molecular weight is 363 g/mol. The first-order chi connectivity index (χ1) is 11.8. The Labute approximate surface area is 151 Å². The minimum absolute atomic E-state index is 0.00306. The number of hydrogen-bond donors (Lipinski definition) is 0. The van der Waals surface area contributed by atoms with Gasteiger partial charge in [-0.25, -0.2) is 0 Å². The summed E-state index contributed by atoms with van der Waals surface area (Å²) in [7, 11) is 1.57. The third-order valence-electron chi connectivity index (χ3n) is 3.62. The fourth-order valence-corrected chi connectivity index (χ4v) is 2.63. The highest BCUT2D eigenvalue weighted by atomic mass is 35.5. The van der Waals surface area contributed by atoms with Gasteiger partial charge in [-0.3, -0.25) is 14.9 Å². The first-order valence-corrected chi connectivity index (χ1v) is 8.06. The molecule has 0 bridgehead atoms. The summed E-state index contributed by atoms with van der Waals surface area (Å²) in [5, 5.41) is 11.3. The molecule has 0 heterocycles. The molecule has 0 unspecified atom stereocenters. The van der Waals surface area contributed by atoms with Crippen LogP contribution in [0.3, 0.4) is 0 Å². The molecule has 0 N–H and O–H groups in total. The van der Waals surface area contributed by atoms with E-state index < -0.39 is 10.8 Å². The van der Waals surface area contributed by atoms with Gasteiger partial charge < -0.3 is 9.64 Å². The van der Waals surface area contributed by atoms with E-state index in [1.807, 2.05) is 32.0 Å². The molecule has 25 heavy (non-hydrogen) atoms. The number of nitrogens with zero attached hydrogens (tertiary/aromatic N) is 2. The van der Waals surface area contributed by atoms with Crippen LogP contribution in [0.2, 0.25) is 5.02 Å². The molecule has 0 fully saturated rings. The molecule has 0 radical (unpaired) electrons. The maximum absolute atomic E-state index is 12.5. The maximum Gasteiger partial charge on any atom is 0.283 e. The van der Waals surface area contributed by atoms with E-state index in [0.717, 1.165) is 16.9 Å². The van der Waals surface area contributed by atoms with E-state index >= 15 is 0 Å². The van der Waals surface area contributed by atoms with E-state index in [1.165, 1.54) is 23.1 Å². The number of nitro groups is 1. The molecule has 2 aromatic rings. The third kappa shape index (κ3) is 4.93. The van der Waals surface area contributed by atoms with Gasteiger partial charge in [-0.05, 0) is 49.2 Å². The first-order valence-electron chi connectivity index (χ1n) is 7.68. The summed E-state index contributed by atoms with van der Waals surface area (Å²) in [6.45, 7) is 4.54. The summed E-state index contributed by atoms with van der Waals surface area (Å²) < 4.78 is 5.67. The van der Waals surface area contributed by atoms with Gasteiger partial charge in [0.1, 0.15) is 17.9 Å². The second-order valence-electron chi connectivity index (χ2n) is 5.82. The number of halogens is 1. The summed E-state index contributed by atoms with van der Waals surface area (Å²) in [6, 6.07) is 9.88. The Hall–Kier alpha value is -2.60. The first kappa shape index (κ1) is 18.7. The highest BCUT2D eigenvalue weighted by Crippen LogP contribution is 2.24. The number of likely N-dealkylation sites (N-methyl/N-ethyl adjacent to an activating group) is 1. The Bertz CT molecular complexity index is 787. The normalized spacial score (nSPS) is 10.4. The average Bonchev–Trinajstić information content (AvgIpc) is 2.53. The van der Waals surface area contributed by atoms with Crippen LogP contribution in [0.1, 0.15) is 21.5 Å². The Morgan fingerprint density at radius 3 is 2.44 bits per heavy atom. The van der Waals surface area contributed by atoms with Crippen molar-refractivity contribution in [1.82, 2.24) is 4.90 Å². The molecule has 0 saturated carbocycles. The summed E-state index contributed by atoms with van der Waals surface area (Å²) in [5.74, 6) is 0.281. The van der Waals surface area contributed by atoms with Gasteiger partial charge in [0.05, 0.1) is 11.5 Å². The quantitative estimate of drug-likeness (QED) is 0.574. The van der Waals surface area contributed by atoms with Crippen molar-refractivity contribution in [1.29, 1.82) is 0 Å². The van der Waals surface area contributed by atoms with Crippen LogP contribution < -0.4 is 4.74 Å². The van der Waals surface area contributed by atoms with Crippen molar-refractivity contribution in [3.8, 4) is 5.75 Å². The largest absolute Gasteiger partial charge is 0.492 e. The summed E-state index contributed by atoms with van der Waals surface area (Å²) in [6.07, 6.45) is 0. The van der Waals surface area contributed by atoms with Gasteiger partial charge in [-0.15, -0.1) is 0 Å². The number of aryl methyl sites for hydroxylation is 2. The van der Waals surface area contributed by atoms with Crippen LogP contribution >= 0.6 is 11.6 Å². The van der Waals surface area contributed by atoms with Crippen LogP contribution in [0.4, 0.5) is 5.69 Å². The van der Waals surface area contributed by atoms with Crippen LogP contribution in [0.25, 0.3) is 0 Å². The van der Waals surface area contributed by atoms with E-state index in [9.17, 15) is 14.9 Å². The van der Waals surface area contributed by atoms with E-state index in [1.54, 1.807) is 7.05 Å². The van der Waals surface area contributed by atoms with Crippen molar-refractivity contribution in [3.63, 3.8) is 0 Å². The lowest BCUT2D eigenvalue weighted by Gasteiger charge is -2.18. The zero-order valence-corrected chi connectivity index (χ0v) is 15.0. The number of carbonyl (C=O) groups excluding carboxylic acids is 1. The smallest absolute Gasteiger partial charge is 0.283 e. The minimum Gasteiger partial charge on any atom is -0.492 e. The highest BCUT2D eigenvalue weighted by Gasteiger charge is 2.23. The van der Waals surface area contributed by atoms with Gasteiger partial charge in [-0.1, -0.05) is 17.7 Å². The van der Waals surface area contributed by atoms with Crippen LogP contribution in [-0.2, 0) is 0 Å². The third-order valence-corrected chi connectivity index (χ3v) is 3.86. The summed E-state index contributed by atoms with van der Waals surface area (Å²) in [4.78, 5) is 24.3. The molecule has 0 aliphatic rings. The molecule has 0 spiro atoms. The van der Waals surface area contributed by atoms with Gasteiger partial charge in [-0.2, -0.15) is 0 Å². The van der Waals surface area contributed by atoms with Gasteiger partial charge in [0.15, 0.2) is 0 Å². The van der Waals surface area contributed by atoms with Crippen molar-refractivity contribution in [2.24, 2.45) is 0 Å². The second-order valence-corrected chi connectivity index (χ2v) is 6.25. The highest BCUT2D eigenvalue weighted by molar-refractivity contribution is 6.31. The minimum atomic E-state index is -0.612. The molecule has 0 aliphatic carbocycles. The molecule has 132 valence electrons. The molecular weight excluding hydrogens is 344 g/mol. The molecular formula is C18H19ClN2O4. The molecule has 1 amide bonds. The van der Waals surface area contributed by atoms with E-state index in [2.05, 4.69) is 0 Å². The Kier molecular flexibility index (Phi) is 5.98. The molecule has 0 atom stereocenters. The van der Waals surface area contributed by atoms with Gasteiger partial charge in [0, 0.05) is 18.1 Å². The monoisotopic (exact) mass is 362 g/mol. The van der Waals surface area contributed by atoms with Crippen molar-refractivity contribution < 1.29 is 14.5 Å². The zero-order valence-electron chi connectivity index (χ0n) is 14.3. The van der Waals surface area contributed by atoms with Crippen molar-refractivity contribution in [2.45, 2.75) is 13.8 Å². The molecule has 0 aromatic heterocycles. The van der Waals surface area contributed by atoms with Crippen molar-refractivity contribution in [2.75, 3.05) is 20.2 Å². The van der Waals surface area contributed by atoms with Crippen LogP contribution in [0.15, 0.2) is 36.4 Å². The van der Waals surface area contributed by atoms with Crippen LogP contribution in [0, 0.1) is 24.0 Å². The summed E-state index contributed by atoms with van der Waals surface area (Å²) >= 11 is 5.77. The number of ether oxygens (including phenoxy) is 1. The van der Waals surface area contributed by atoms with E-state index in [-0.39, 0.29) is 22.9 Å². The predicted octanol–water partition coefficient (Wildman–Crippen LogP) is 4.02. The molecule has 2 rings (SSSR count). The number of carbonyl (C=O) groups is 1. The number of nitro benzene ring substituents is 1. The van der Waals surface area contributed by atoms with E-state index in [4.69, 9.17) is 16.3 Å². The number of amides is 1. The van der Waals surface area contributed by atoms with Crippen LogP contribution in [0.5, 0.6) is 5.75 Å². The van der Waals surface area contributed by atoms with Gasteiger partial charge in [0.2, 0.25) is 0 Å². The molecule has 6 nitrogen and oxygen atoms in total. The number of rotatable bonds is 6. The zero-order chi connectivity index (χ0) is 18.6. The SMILES string of the molecule is Cc1cc(C)cc(OCCN(C)C(=O)c2ccc(Cl)cc2[N+](=O)[O-])c1. The van der Waals surface area contributed by atoms with Crippen LogP contribution in [-0.4, -0.2) is 35.9 Å². The molecule has 7 heteroatoms. The second kappa shape index (κ2) is 7.98. The Morgan fingerprint density at radius 2 is 1.84 bits per heavy atom. The molecule has 0 aliphatic heterocycles. The lowest BCUT2D eigenvalue weighted by Crippen LogP contribution is -2.31. The van der Waals surface area contributed by atoms with Gasteiger partial charge in [0.25, 0.3) is 11.6 Å². The molecule has 0 saturated heterocycles. The Balaban J connectivity index is 2.02. The number of benzene rings is 2. The number of hydrogen-bond acceptors (Lipinski definition) is 4. The summed E-state index contributed by atoms with van der Waals surface area (Å²) in [5.41, 5.74) is 1.88. The lowest BCUT2D eigenvalue weighted by atomic mass is 10.1. The van der Waals surface area contributed by atoms with Crippen molar-refractivity contribution in [3.05, 3.63) is 68.2 Å². The predicted molar refractivity (Wildman–Crippen MR) is 96.5 cm³/mol. The fourth-order valence-electron chi connectivity index (χ4n) is 2.46. The molecule has 2 aromatic carbocycles. The van der Waals surface area contributed by atoms with Gasteiger partial charge >= 0.3 is 0 Å². The standard InChI is InChI=1S/C18H19ClN2O4/c1-12-8-13(2)10-15(9-12)25-7-6-20(3)18(22)16-5-4-14(19)11-17(16)21(23)24/h4-5,8-11H,6-7H2,1-3H3. The lowest BCUT2D eigenvalue weighted by molar-refractivity contribution is -0.385. The van der Waals surface area contributed by atoms with E-state index in [0.29, 0.717) is 6.54 Å². The Morgan fingerprint density at radius 1 is 1.20 bits per heavy atom.